The van der Waals surface area contributed by atoms with Crippen molar-refractivity contribution >= 4 is 23.1 Å². The largest absolute Gasteiger partial charge is 0.493 e. The van der Waals surface area contributed by atoms with Crippen LogP contribution in [0.4, 0.5) is 0 Å². The SMILES string of the molecule is NCC#Cc1cccc(OCCSc2nccs2)c1. The van der Waals surface area contributed by atoms with Crippen LogP contribution in [0.15, 0.2) is 40.2 Å². The van der Waals surface area contributed by atoms with Crippen LogP contribution >= 0.6 is 23.1 Å². The topological polar surface area (TPSA) is 48.1 Å². The maximum Gasteiger partial charge on any atom is 0.149 e. The molecule has 1 heterocycles. The van der Waals surface area contributed by atoms with E-state index in [0.29, 0.717) is 13.2 Å². The Bertz CT molecular complexity index is 558. The molecule has 0 unspecified atom stereocenters. The van der Waals surface area contributed by atoms with E-state index in [1.165, 1.54) is 0 Å². The lowest BCUT2D eigenvalue weighted by Crippen LogP contribution is -2.00. The highest BCUT2D eigenvalue weighted by Gasteiger charge is 1.98. The Labute approximate surface area is 121 Å². The van der Waals surface area contributed by atoms with Crippen LogP contribution in [0.2, 0.25) is 0 Å². The number of hydrogen-bond acceptors (Lipinski definition) is 5. The molecule has 0 atom stereocenters. The van der Waals surface area contributed by atoms with Gasteiger partial charge >= 0.3 is 0 Å². The number of rotatable bonds is 5. The van der Waals surface area contributed by atoms with Gasteiger partial charge in [0, 0.05) is 22.9 Å². The van der Waals surface area contributed by atoms with E-state index in [2.05, 4.69) is 16.8 Å². The third kappa shape index (κ3) is 4.95. The quantitative estimate of drug-likeness (QED) is 0.522. The van der Waals surface area contributed by atoms with Gasteiger partial charge in [0.15, 0.2) is 0 Å². The van der Waals surface area contributed by atoms with Crippen LogP contribution in [0.5, 0.6) is 5.75 Å². The summed E-state index contributed by atoms with van der Waals surface area (Å²) in [5, 5.41) is 1.97. The second-order valence-electron chi connectivity index (χ2n) is 3.53. The lowest BCUT2D eigenvalue weighted by Gasteiger charge is -2.05. The zero-order valence-corrected chi connectivity index (χ0v) is 12.0. The minimum absolute atomic E-state index is 0.371. The standard InChI is InChI=1S/C14H14N2OS2/c15-6-2-4-12-3-1-5-13(11-12)17-8-10-19-14-16-7-9-18-14/h1,3,5,7,9,11H,6,8,10,15H2. The van der Waals surface area contributed by atoms with Gasteiger partial charge in [-0.3, -0.25) is 0 Å². The number of nitrogens with zero attached hydrogens (tertiary/aromatic N) is 1. The molecule has 1 aromatic carbocycles. The van der Waals surface area contributed by atoms with Crippen molar-refractivity contribution in [3.63, 3.8) is 0 Å². The lowest BCUT2D eigenvalue weighted by molar-refractivity contribution is 0.344. The molecular formula is C14H14N2OS2. The molecule has 1 aromatic heterocycles. The first-order valence-corrected chi connectivity index (χ1v) is 7.69. The first-order valence-electron chi connectivity index (χ1n) is 5.82. The highest BCUT2D eigenvalue weighted by molar-refractivity contribution is 8.01. The zero-order chi connectivity index (χ0) is 13.3. The molecule has 3 nitrogen and oxygen atoms in total. The number of aromatic nitrogens is 1. The smallest absolute Gasteiger partial charge is 0.149 e. The van der Waals surface area contributed by atoms with Crippen molar-refractivity contribution in [1.82, 2.24) is 4.98 Å². The molecule has 0 fully saturated rings. The van der Waals surface area contributed by atoms with Crippen molar-refractivity contribution in [2.75, 3.05) is 18.9 Å². The summed E-state index contributed by atoms with van der Waals surface area (Å²) in [6.07, 6.45) is 1.81. The molecule has 2 N–H and O–H groups in total. The normalized spacial score (nSPS) is 9.74. The molecule has 2 aromatic rings. The van der Waals surface area contributed by atoms with E-state index in [1.807, 2.05) is 35.8 Å². The number of hydrogen-bond donors (Lipinski definition) is 1. The highest BCUT2D eigenvalue weighted by atomic mass is 32.2. The number of thioether (sulfide) groups is 1. The van der Waals surface area contributed by atoms with E-state index in [0.717, 1.165) is 21.4 Å². The summed E-state index contributed by atoms with van der Waals surface area (Å²) in [5.41, 5.74) is 6.27. The summed E-state index contributed by atoms with van der Waals surface area (Å²) in [7, 11) is 0. The Balaban J connectivity index is 1.79. The first-order chi connectivity index (χ1) is 9.38. The van der Waals surface area contributed by atoms with Crippen LogP contribution in [0, 0.1) is 11.8 Å². The second-order valence-corrected chi connectivity index (χ2v) is 5.77. The maximum atomic E-state index is 5.68. The van der Waals surface area contributed by atoms with Gasteiger partial charge in [0.2, 0.25) is 0 Å². The van der Waals surface area contributed by atoms with E-state index >= 15 is 0 Å². The van der Waals surface area contributed by atoms with Crippen LogP contribution in [0.25, 0.3) is 0 Å². The average Bonchev–Trinajstić information content (AvgIpc) is 2.95. The summed E-state index contributed by atoms with van der Waals surface area (Å²) in [6.45, 7) is 1.02. The van der Waals surface area contributed by atoms with Crippen molar-refractivity contribution in [2.24, 2.45) is 5.73 Å². The van der Waals surface area contributed by atoms with Gasteiger partial charge in [-0.1, -0.05) is 29.7 Å². The van der Waals surface area contributed by atoms with Gasteiger partial charge < -0.3 is 10.5 Å². The molecule has 19 heavy (non-hydrogen) atoms. The molecule has 5 heteroatoms. The van der Waals surface area contributed by atoms with Crippen molar-refractivity contribution in [3.05, 3.63) is 41.4 Å². The third-order valence-electron chi connectivity index (χ3n) is 2.16. The van der Waals surface area contributed by atoms with Gasteiger partial charge in [-0.15, -0.1) is 11.3 Å². The van der Waals surface area contributed by atoms with Crippen molar-refractivity contribution in [2.45, 2.75) is 4.34 Å². The molecular weight excluding hydrogens is 276 g/mol. The number of ether oxygens (including phenoxy) is 1. The monoisotopic (exact) mass is 290 g/mol. The van der Waals surface area contributed by atoms with E-state index in [1.54, 1.807) is 23.1 Å². The van der Waals surface area contributed by atoms with Crippen LogP contribution in [0.1, 0.15) is 5.56 Å². The Morgan fingerprint density at radius 3 is 3.16 bits per heavy atom. The van der Waals surface area contributed by atoms with Crippen LogP contribution in [0.3, 0.4) is 0 Å². The van der Waals surface area contributed by atoms with Gasteiger partial charge in [0.1, 0.15) is 10.1 Å². The van der Waals surface area contributed by atoms with Gasteiger partial charge in [0.05, 0.1) is 13.2 Å². The van der Waals surface area contributed by atoms with Crippen molar-refractivity contribution in [1.29, 1.82) is 0 Å². The fourth-order valence-electron chi connectivity index (χ4n) is 1.39. The predicted octanol–water partition coefficient (Wildman–Crippen LogP) is 2.62. The number of thiazole rings is 1. The van der Waals surface area contributed by atoms with Gasteiger partial charge in [0.25, 0.3) is 0 Å². The Kier molecular flexibility index (Phi) is 5.76. The first kappa shape index (κ1) is 13.9. The van der Waals surface area contributed by atoms with Gasteiger partial charge in [-0.25, -0.2) is 4.98 Å². The highest BCUT2D eigenvalue weighted by Crippen LogP contribution is 2.20. The second kappa shape index (κ2) is 7.85. The van der Waals surface area contributed by atoms with Gasteiger partial charge in [-0.05, 0) is 18.2 Å². The van der Waals surface area contributed by atoms with Crippen LogP contribution < -0.4 is 10.5 Å². The summed E-state index contributed by atoms with van der Waals surface area (Å²) >= 11 is 3.35. The van der Waals surface area contributed by atoms with E-state index in [-0.39, 0.29) is 0 Å². The molecule has 0 saturated carbocycles. The number of nitrogens with two attached hydrogens (primary N) is 1. The minimum Gasteiger partial charge on any atom is -0.493 e. The molecule has 0 aliphatic carbocycles. The molecule has 0 saturated heterocycles. The van der Waals surface area contributed by atoms with Gasteiger partial charge in [-0.2, -0.15) is 0 Å². The molecule has 0 radical (unpaired) electrons. The van der Waals surface area contributed by atoms with Crippen LogP contribution in [-0.4, -0.2) is 23.9 Å². The fraction of sp³-hybridized carbons (Fsp3) is 0.214. The minimum atomic E-state index is 0.371. The van der Waals surface area contributed by atoms with E-state index in [4.69, 9.17) is 10.5 Å². The molecule has 2 rings (SSSR count). The van der Waals surface area contributed by atoms with Crippen LogP contribution in [-0.2, 0) is 0 Å². The molecule has 0 aliphatic rings. The van der Waals surface area contributed by atoms with E-state index < -0.39 is 0 Å². The van der Waals surface area contributed by atoms with Crippen molar-refractivity contribution < 1.29 is 4.74 Å². The Morgan fingerprint density at radius 1 is 1.42 bits per heavy atom. The zero-order valence-electron chi connectivity index (χ0n) is 10.3. The summed E-state index contributed by atoms with van der Waals surface area (Å²) in [4.78, 5) is 4.20. The van der Waals surface area contributed by atoms with Crippen molar-refractivity contribution in [3.8, 4) is 17.6 Å². The summed E-state index contributed by atoms with van der Waals surface area (Å²) in [6, 6.07) is 7.74. The lowest BCUT2D eigenvalue weighted by atomic mass is 10.2. The summed E-state index contributed by atoms with van der Waals surface area (Å²) < 4.78 is 6.76. The molecule has 0 amide bonds. The average molecular weight is 290 g/mol. The Morgan fingerprint density at radius 2 is 2.37 bits per heavy atom. The molecule has 0 bridgehead atoms. The summed E-state index contributed by atoms with van der Waals surface area (Å²) in [5.74, 6) is 7.54. The predicted molar refractivity (Wildman–Crippen MR) is 80.7 cm³/mol. The molecule has 98 valence electrons. The molecule has 0 aliphatic heterocycles. The Hall–Kier alpha value is -1.48. The van der Waals surface area contributed by atoms with E-state index in [9.17, 15) is 0 Å². The maximum absolute atomic E-state index is 5.68. The third-order valence-corrected chi connectivity index (χ3v) is 4.09. The molecule has 0 spiro atoms. The number of benzene rings is 1. The fourth-order valence-corrected chi connectivity index (χ4v) is 2.91.